The van der Waals surface area contributed by atoms with Gasteiger partial charge in [0.05, 0.1) is 34.1 Å². The van der Waals surface area contributed by atoms with Crippen molar-refractivity contribution >= 4 is 85.2 Å². The van der Waals surface area contributed by atoms with Gasteiger partial charge in [-0.05, 0) is 12.1 Å². The van der Waals surface area contributed by atoms with Crippen LogP contribution in [0.2, 0.25) is 0 Å². The molecule has 0 saturated heterocycles. The van der Waals surface area contributed by atoms with Gasteiger partial charge in [0.1, 0.15) is 13.2 Å². The number of hydrogen-bond acceptors (Lipinski definition) is 14. The monoisotopic (exact) mass is 620 g/mol. The molecule has 0 unspecified atom stereocenters. The quantitative estimate of drug-likeness (QED) is 0.137. The summed E-state index contributed by atoms with van der Waals surface area (Å²) < 4.78 is 0. The number of nitrogens with zero attached hydrogens (tertiary/aromatic N) is 4. The molecule has 206 valence electrons. The SMILES string of the molecule is C.Cl.NOCc1csc(N)n1.Nc1nc(CCl)cs1.Nc1nc(CON2C(=O)c3ccccc3C2=O)cs1. The molecule has 3 aromatic heterocycles. The molecule has 1 aliphatic rings. The molecule has 0 fully saturated rings. The Labute approximate surface area is 241 Å². The number of imide groups is 1. The lowest BCUT2D eigenvalue weighted by atomic mass is 10.1. The molecule has 1 aliphatic heterocycles. The number of aromatic nitrogens is 3. The normalized spacial score (nSPS) is 11.4. The van der Waals surface area contributed by atoms with Crippen LogP contribution in [0.3, 0.4) is 0 Å². The summed E-state index contributed by atoms with van der Waals surface area (Å²) in [5.74, 6) is 4.34. The summed E-state index contributed by atoms with van der Waals surface area (Å²) in [6, 6.07) is 6.60. The van der Waals surface area contributed by atoms with Gasteiger partial charge in [-0.1, -0.05) is 19.6 Å². The van der Waals surface area contributed by atoms with E-state index in [0.717, 1.165) is 16.5 Å². The molecular weight excluding hydrogens is 595 g/mol. The lowest BCUT2D eigenvalue weighted by Gasteiger charge is -2.11. The molecule has 0 spiro atoms. The zero-order valence-electron chi connectivity index (χ0n) is 18.9. The maximum atomic E-state index is 12.0. The smallest absolute Gasteiger partial charge is 0.285 e. The molecular formula is C21H26Cl2N8O4S3. The average molecular weight is 622 g/mol. The van der Waals surface area contributed by atoms with Crippen molar-refractivity contribution < 1.29 is 19.3 Å². The number of carbonyl (C=O) groups excluding carboxylic acids is 2. The largest absolute Gasteiger partial charge is 0.375 e. The van der Waals surface area contributed by atoms with Crippen LogP contribution >= 0.6 is 58.0 Å². The van der Waals surface area contributed by atoms with Gasteiger partial charge >= 0.3 is 0 Å². The standard InChI is InChI=1S/C12H9N3O3S.C4H5ClN2S.C4H7N3OS.CH4.ClH/c13-12-14-7(6-19-12)5-18-15-10(16)8-3-1-2-4-9(8)11(15)17;5-1-3-2-8-4(6)7-3;5-4-7-3(1-8-6)2-9-4;;/h1-4,6H,5H2,(H2,13,14);2H,1H2,(H2,6,7);2H,1,6H2,(H2,5,7);1H4;1H. The van der Waals surface area contributed by atoms with Crippen LogP contribution in [0.25, 0.3) is 0 Å². The van der Waals surface area contributed by atoms with Crippen molar-refractivity contribution in [1.82, 2.24) is 20.0 Å². The Kier molecular flexibility index (Phi) is 14.1. The molecule has 0 atom stereocenters. The van der Waals surface area contributed by atoms with Crippen LogP contribution < -0.4 is 23.1 Å². The highest BCUT2D eigenvalue weighted by molar-refractivity contribution is 7.14. The number of fused-ring (bicyclic) bond motifs is 1. The molecule has 0 aliphatic carbocycles. The summed E-state index contributed by atoms with van der Waals surface area (Å²) in [4.78, 5) is 45.3. The van der Waals surface area contributed by atoms with Gasteiger partial charge in [-0.3, -0.25) is 19.3 Å². The van der Waals surface area contributed by atoms with E-state index < -0.39 is 11.8 Å². The van der Waals surface area contributed by atoms with E-state index in [1.165, 1.54) is 34.0 Å². The van der Waals surface area contributed by atoms with Crippen molar-refractivity contribution in [3.05, 3.63) is 68.6 Å². The van der Waals surface area contributed by atoms with Crippen LogP contribution in [0, 0.1) is 0 Å². The maximum Gasteiger partial charge on any atom is 0.285 e. The van der Waals surface area contributed by atoms with Crippen LogP contribution in [0.5, 0.6) is 0 Å². The van der Waals surface area contributed by atoms with Gasteiger partial charge in [-0.2, -0.15) is 0 Å². The molecule has 38 heavy (non-hydrogen) atoms. The number of hydrogen-bond donors (Lipinski definition) is 4. The van der Waals surface area contributed by atoms with Crippen LogP contribution in [-0.4, -0.2) is 31.8 Å². The van der Waals surface area contributed by atoms with Crippen LogP contribution in [0.4, 0.5) is 15.4 Å². The molecule has 0 saturated carbocycles. The summed E-state index contributed by atoms with van der Waals surface area (Å²) in [6.07, 6.45) is 0. The number of nitrogen functional groups attached to an aromatic ring is 3. The molecule has 17 heteroatoms. The minimum absolute atomic E-state index is 0. The van der Waals surface area contributed by atoms with E-state index in [1.807, 2.05) is 10.8 Å². The fourth-order valence-electron chi connectivity index (χ4n) is 2.66. The van der Waals surface area contributed by atoms with Crippen molar-refractivity contribution in [2.45, 2.75) is 26.5 Å². The number of halogens is 2. The zero-order valence-corrected chi connectivity index (χ0v) is 22.9. The number of thiazole rings is 3. The third kappa shape index (κ3) is 9.14. The summed E-state index contributed by atoms with van der Waals surface area (Å²) in [5.41, 5.74) is 19.0. The van der Waals surface area contributed by atoms with Gasteiger partial charge in [0.15, 0.2) is 15.4 Å². The van der Waals surface area contributed by atoms with Gasteiger partial charge in [0.25, 0.3) is 11.8 Å². The van der Waals surface area contributed by atoms with E-state index in [-0.39, 0.29) is 26.4 Å². The van der Waals surface area contributed by atoms with Gasteiger partial charge in [0.2, 0.25) is 0 Å². The number of benzene rings is 1. The Morgan fingerprint density at radius 2 is 1.21 bits per heavy atom. The molecule has 5 rings (SSSR count). The Bertz CT molecular complexity index is 1280. The number of alkyl halides is 1. The first-order valence-electron chi connectivity index (χ1n) is 9.90. The van der Waals surface area contributed by atoms with Gasteiger partial charge in [-0.15, -0.1) is 63.1 Å². The number of rotatable bonds is 6. The van der Waals surface area contributed by atoms with E-state index in [4.69, 9.17) is 39.5 Å². The number of anilines is 3. The fraction of sp³-hybridized carbons (Fsp3) is 0.190. The minimum Gasteiger partial charge on any atom is -0.375 e. The topological polar surface area (TPSA) is 199 Å². The second kappa shape index (κ2) is 16.2. The highest BCUT2D eigenvalue weighted by atomic mass is 35.5. The molecule has 0 bridgehead atoms. The molecule has 4 aromatic rings. The van der Waals surface area contributed by atoms with E-state index in [9.17, 15) is 9.59 Å². The second-order valence-electron chi connectivity index (χ2n) is 6.70. The van der Waals surface area contributed by atoms with Crippen molar-refractivity contribution in [2.75, 3.05) is 17.2 Å². The summed E-state index contributed by atoms with van der Waals surface area (Å²) >= 11 is 9.49. The summed E-state index contributed by atoms with van der Waals surface area (Å²) in [5, 5.41) is 7.68. The Morgan fingerprint density at radius 3 is 1.55 bits per heavy atom. The third-order valence-corrected chi connectivity index (χ3v) is 6.62. The van der Waals surface area contributed by atoms with E-state index in [1.54, 1.807) is 29.6 Å². The Balaban J connectivity index is 0.000000320. The second-order valence-corrected chi connectivity index (χ2v) is 9.64. The van der Waals surface area contributed by atoms with Crippen molar-refractivity contribution in [1.29, 1.82) is 0 Å². The highest BCUT2D eigenvalue weighted by Crippen LogP contribution is 2.23. The number of hydroxylamine groups is 2. The number of carbonyl (C=O) groups is 2. The van der Waals surface area contributed by atoms with E-state index in [2.05, 4.69) is 19.8 Å². The first-order chi connectivity index (χ1) is 17.3. The summed E-state index contributed by atoms with van der Waals surface area (Å²) in [6.45, 7) is 0.354. The molecule has 0 radical (unpaired) electrons. The third-order valence-electron chi connectivity index (χ3n) is 4.17. The van der Waals surface area contributed by atoms with Gasteiger partial charge < -0.3 is 17.2 Å². The lowest BCUT2D eigenvalue weighted by molar-refractivity contribution is -0.101. The number of amides is 2. The summed E-state index contributed by atoms with van der Waals surface area (Å²) in [7, 11) is 0. The Morgan fingerprint density at radius 1 is 0.789 bits per heavy atom. The van der Waals surface area contributed by atoms with Gasteiger partial charge in [-0.25, -0.2) is 20.8 Å². The maximum absolute atomic E-state index is 12.0. The Hall–Kier alpha value is -2.89. The lowest BCUT2D eigenvalue weighted by Crippen LogP contribution is -2.29. The van der Waals surface area contributed by atoms with E-state index in [0.29, 0.717) is 44.7 Å². The van der Waals surface area contributed by atoms with Crippen LogP contribution in [-0.2, 0) is 28.8 Å². The molecule has 2 amide bonds. The minimum atomic E-state index is -0.455. The molecule has 12 nitrogen and oxygen atoms in total. The van der Waals surface area contributed by atoms with Crippen LogP contribution in [0.15, 0.2) is 40.4 Å². The van der Waals surface area contributed by atoms with Crippen molar-refractivity contribution in [3.8, 4) is 0 Å². The predicted octanol–water partition coefficient (Wildman–Crippen LogP) is 4.09. The number of nitrogens with two attached hydrogens (primary N) is 4. The first-order valence-corrected chi connectivity index (χ1v) is 13.1. The molecule has 1 aromatic carbocycles. The van der Waals surface area contributed by atoms with E-state index >= 15 is 0 Å². The highest BCUT2D eigenvalue weighted by Gasteiger charge is 2.36. The van der Waals surface area contributed by atoms with Crippen LogP contribution in [0.1, 0.15) is 45.2 Å². The molecule has 4 heterocycles. The fourth-order valence-corrected chi connectivity index (χ4v) is 4.55. The van der Waals surface area contributed by atoms with Gasteiger partial charge in [0, 0.05) is 16.1 Å². The van der Waals surface area contributed by atoms with Crippen molar-refractivity contribution in [2.24, 2.45) is 5.90 Å². The predicted molar refractivity (Wildman–Crippen MR) is 154 cm³/mol. The molecule has 8 N–H and O–H groups in total. The zero-order chi connectivity index (χ0) is 26.1. The first kappa shape index (κ1) is 33.1. The average Bonchev–Trinajstić information content (AvgIpc) is 3.64. The van der Waals surface area contributed by atoms with Crippen molar-refractivity contribution in [3.63, 3.8) is 0 Å².